The molecule has 0 aliphatic carbocycles. The fourth-order valence-electron chi connectivity index (χ4n) is 0. The van der Waals surface area contributed by atoms with Gasteiger partial charge in [-0.1, -0.05) is 0 Å². The topological polar surface area (TPSA) is 40.1 Å². The molecule has 26 valence electrons. The average Bonchev–Trinajstić information content (AvgIpc) is 0.811. The van der Waals surface area contributed by atoms with Crippen molar-refractivity contribution in [1.29, 1.82) is 0 Å². The standard InChI is InChI=1S/C2H4O2.2Na.H/c1-2(3)4;;;/h1H3,(H,3,4);;;/q;;+1;/p-1. The number of rotatable bonds is 0. The van der Waals surface area contributed by atoms with E-state index in [0.717, 1.165) is 6.92 Å². The zero-order valence-electron chi connectivity index (χ0n) is 3.32. The van der Waals surface area contributed by atoms with Crippen LogP contribution >= 0.6 is 0 Å². The van der Waals surface area contributed by atoms with Gasteiger partial charge in [0.25, 0.3) is 0 Å². The van der Waals surface area contributed by atoms with Crippen LogP contribution in [0.1, 0.15) is 6.92 Å². The molecule has 0 saturated heterocycles. The van der Waals surface area contributed by atoms with Crippen molar-refractivity contribution < 1.29 is 39.5 Å². The number of carboxylic acid groups (broad SMARTS) is 1. The Kier molecular flexibility index (Phi) is 25.3. The number of carbonyl (C=O) groups is 1. The van der Waals surface area contributed by atoms with Gasteiger partial charge in [-0.05, 0) is 6.92 Å². The van der Waals surface area contributed by atoms with Crippen molar-refractivity contribution in [1.82, 2.24) is 0 Å². The zero-order valence-corrected chi connectivity index (χ0v) is 5.32. The first-order valence-corrected chi connectivity index (χ1v) is 0.908. The van der Waals surface area contributed by atoms with Gasteiger partial charge < -0.3 is 9.90 Å². The SMILES string of the molecule is CC(=O)[O-].[Na+].[NaH]. The first-order valence-electron chi connectivity index (χ1n) is 0.908. The molecule has 0 spiro atoms. The van der Waals surface area contributed by atoms with Crippen LogP contribution in [0.3, 0.4) is 0 Å². The molecule has 0 N–H and O–H groups in total. The van der Waals surface area contributed by atoms with Crippen molar-refractivity contribution in [3.05, 3.63) is 0 Å². The first-order chi connectivity index (χ1) is 1.73. The molecule has 0 aromatic rings. The molecule has 4 heteroatoms. The summed E-state index contributed by atoms with van der Waals surface area (Å²) in [5.41, 5.74) is 0. The molecular weight excluding hydrogens is 102 g/mol. The third-order valence-electron chi connectivity index (χ3n) is 0. The Morgan fingerprint density at radius 3 is 1.67 bits per heavy atom. The number of carbonyl (C=O) groups excluding carboxylic acids is 1. The Bertz CT molecular complexity index is 32.5. The van der Waals surface area contributed by atoms with E-state index in [1.54, 1.807) is 0 Å². The number of carboxylic acids is 1. The van der Waals surface area contributed by atoms with E-state index >= 15 is 0 Å². The van der Waals surface area contributed by atoms with Crippen LogP contribution in [0.15, 0.2) is 0 Å². The third kappa shape index (κ3) is 50.6. The van der Waals surface area contributed by atoms with Crippen LogP contribution in [0.25, 0.3) is 0 Å². The average molecular weight is 106 g/mol. The molecule has 0 aliphatic rings. The summed E-state index contributed by atoms with van der Waals surface area (Å²) in [7, 11) is 0. The van der Waals surface area contributed by atoms with Gasteiger partial charge in [0.05, 0.1) is 0 Å². The van der Waals surface area contributed by atoms with E-state index in [2.05, 4.69) is 0 Å². The fourth-order valence-corrected chi connectivity index (χ4v) is 0. The second kappa shape index (κ2) is 9.69. The van der Waals surface area contributed by atoms with Gasteiger partial charge in [-0.2, -0.15) is 0 Å². The molecule has 2 nitrogen and oxygen atoms in total. The summed E-state index contributed by atoms with van der Waals surface area (Å²) < 4.78 is 0. The predicted molar refractivity (Wildman–Crippen MR) is 17.8 cm³/mol. The molecule has 0 unspecified atom stereocenters. The molecule has 6 heavy (non-hydrogen) atoms. The molecule has 0 heterocycles. The quantitative estimate of drug-likeness (QED) is 0.290. The third-order valence-corrected chi connectivity index (χ3v) is 0. The van der Waals surface area contributed by atoms with Crippen LogP contribution in [0.4, 0.5) is 0 Å². The second-order valence-electron chi connectivity index (χ2n) is 0.492. The van der Waals surface area contributed by atoms with Gasteiger partial charge in [-0.15, -0.1) is 0 Å². The van der Waals surface area contributed by atoms with E-state index in [0.29, 0.717) is 0 Å². The summed E-state index contributed by atoms with van der Waals surface area (Å²) in [6, 6.07) is 0. The van der Waals surface area contributed by atoms with E-state index in [1.807, 2.05) is 0 Å². The number of hydrogen-bond acceptors (Lipinski definition) is 2. The molecule has 0 radical (unpaired) electrons. The molecular formula is C2H4Na2O2. The van der Waals surface area contributed by atoms with Gasteiger partial charge in [0, 0.05) is 5.97 Å². The second-order valence-corrected chi connectivity index (χ2v) is 0.492. The molecule has 0 fully saturated rings. The van der Waals surface area contributed by atoms with Gasteiger partial charge in [-0.25, -0.2) is 0 Å². The van der Waals surface area contributed by atoms with E-state index in [-0.39, 0.29) is 59.1 Å². The number of hydrogen-bond donors (Lipinski definition) is 0. The van der Waals surface area contributed by atoms with Crippen molar-refractivity contribution in [2.24, 2.45) is 0 Å². The monoisotopic (exact) mass is 106 g/mol. The van der Waals surface area contributed by atoms with E-state index in [9.17, 15) is 0 Å². The predicted octanol–water partition coefficient (Wildman–Crippen LogP) is -4.89. The van der Waals surface area contributed by atoms with Crippen LogP contribution < -0.4 is 34.7 Å². The summed E-state index contributed by atoms with van der Waals surface area (Å²) in [4.78, 5) is 8.89. The molecule has 0 aromatic heterocycles. The summed E-state index contributed by atoms with van der Waals surface area (Å²) >= 11 is 0. The van der Waals surface area contributed by atoms with Crippen LogP contribution in [0.2, 0.25) is 0 Å². The Balaban J connectivity index is -0.0000000450. The van der Waals surface area contributed by atoms with Gasteiger partial charge in [0.1, 0.15) is 0 Å². The maximum atomic E-state index is 8.89. The normalized spacial score (nSPS) is 4.17. The van der Waals surface area contributed by atoms with E-state index < -0.39 is 5.97 Å². The molecule has 0 bridgehead atoms. The minimum atomic E-state index is -1.08. The Morgan fingerprint density at radius 1 is 1.67 bits per heavy atom. The zero-order chi connectivity index (χ0) is 3.58. The van der Waals surface area contributed by atoms with Crippen molar-refractivity contribution in [3.63, 3.8) is 0 Å². The minimum absolute atomic E-state index is 0. The van der Waals surface area contributed by atoms with Crippen molar-refractivity contribution in [3.8, 4) is 0 Å². The van der Waals surface area contributed by atoms with Crippen LogP contribution in [-0.2, 0) is 4.79 Å². The van der Waals surface area contributed by atoms with Gasteiger partial charge in [0.15, 0.2) is 0 Å². The van der Waals surface area contributed by atoms with Gasteiger partial charge in [-0.3, -0.25) is 0 Å². The fraction of sp³-hybridized carbons (Fsp3) is 0.500. The van der Waals surface area contributed by atoms with Crippen molar-refractivity contribution in [2.45, 2.75) is 6.92 Å². The van der Waals surface area contributed by atoms with E-state index in [1.165, 1.54) is 0 Å². The summed E-state index contributed by atoms with van der Waals surface area (Å²) in [6.45, 7) is 0.972. The van der Waals surface area contributed by atoms with Crippen molar-refractivity contribution in [2.75, 3.05) is 0 Å². The van der Waals surface area contributed by atoms with Crippen molar-refractivity contribution >= 4 is 35.5 Å². The first kappa shape index (κ1) is 15.6. The number of aliphatic carboxylic acids is 1. The molecule has 0 aromatic carbocycles. The van der Waals surface area contributed by atoms with Crippen LogP contribution in [-0.4, -0.2) is 35.5 Å². The Morgan fingerprint density at radius 2 is 1.67 bits per heavy atom. The Labute approximate surface area is 80.9 Å². The van der Waals surface area contributed by atoms with Gasteiger partial charge >= 0.3 is 59.1 Å². The molecule has 0 rings (SSSR count). The maximum absolute atomic E-state index is 8.89. The Hall–Kier alpha value is 1.47. The molecule has 0 atom stereocenters. The summed E-state index contributed by atoms with van der Waals surface area (Å²) in [5.74, 6) is -1.08. The molecule has 0 saturated carbocycles. The summed E-state index contributed by atoms with van der Waals surface area (Å²) in [5, 5.41) is 8.89. The van der Waals surface area contributed by atoms with Crippen LogP contribution in [0.5, 0.6) is 0 Å². The van der Waals surface area contributed by atoms with Crippen LogP contribution in [0, 0.1) is 0 Å². The molecule has 0 amide bonds. The molecule has 0 aliphatic heterocycles. The van der Waals surface area contributed by atoms with E-state index in [4.69, 9.17) is 9.90 Å². The summed E-state index contributed by atoms with van der Waals surface area (Å²) in [6.07, 6.45) is 0. The van der Waals surface area contributed by atoms with Gasteiger partial charge in [0.2, 0.25) is 0 Å².